The largest absolute Gasteiger partial charge is 0.481 e. The summed E-state index contributed by atoms with van der Waals surface area (Å²) in [6, 6.07) is 2.74. The van der Waals surface area contributed by atoms with Crippen molar-refractivity contribution in [3.8, 4) is 0 Å². The van der Waals surface area contributed by atoms with Gasteiger partial charge >= 0.3 is 5.97 Å². The van der Waals surface area contributed by atoms with E-state index in [2.05, 4.69) is 0 Å². The lowest BCUT2D eigenvalue weighted by atomic mass is 9.62. The van der Waals surface area contributed by atoms with Gasteiger partial charge in [0.1, 0.15) is 11.6 Å². The van der Waals surface area contributed by atoms with Crippen LogP contribution in [-0.4, -0.2) is 30.1 Å². The van der Waals surface area contributed by atoms with Crippen LogP contribution in [0.2, 0.25) is 0 Å². The highest BCUT2D eigenvalue weighted by Gasteiger charge is 2.52. The van der Waals surface area contributed by atoms with Crippen molar-refractivity contribution in [3.63, 3.8) is 0 Å². The van der Waals surface area contributed by atoms with Crippen LogP contribution in [0.15, 0.2) is 18.2 Å². The second kappa shape index (κ2) is 4.89. The van der Waals surface area contributed by atoms with Gasteiger partial charge in [-0.25, -0.2) is 8.78 Å². The molecule has 1 N–H and O–H groups in total. The molecule has 0 radical (unpaired) electrons. The second-order valence-electron chi connectivity index (χ2n) is 5.35. The molecule has 1 aliphatic carbocycles. The van der Waals surface area contributed by atoms with Crippen LogP contribution >= 0.6 is 0 Å². The van der Waals surface area contributed by atoms with Crippen molar-refractivity contribution in [2.24, 2.45) is 5.41 Å². The number of halogens is 2. The number of hydrogen-bond acceptors (Lipinski definition) is 2. The second-order valence-corrected chi connectivity index (χ2v) is 5.35. The molecular weight excluding hydrogens is 252 g/mol. The van der Waals surface area contributed by atoms with E-state index in [1.807, 2.05) is 0 Å². The summed E-state index contributed by atoms with van der Waals surface area (Å²) in [6.45, 7) is 0. The maximum Gasteiger partial charge on any atom is 0.311 e. The number of hydrogen-bond donors (Lipinski definition) is 1. The summed E-state index contributed by atoms with van der Waals surface area (Å²) in [5, 5.41) is 9.49. The number of carboxylic acid groups (broad SMARTS) is 1. The van der Waals surface area contributed by atoms with E-state index in [4.69, 9.17) is 0 Å². The summed E-state index contributed by atoms with van der Waals surface area (Å²) < 4.78 is 26.9. The Labute approximate surface area is 110 Å². The molecule has 0 spiro atoms. The third-order valence-corrected chi connectivity index (χ3v) is 3.97. The molecule has 1 aromatic rings. The minimum absolute atomic E-state index is 0.244. The van der Waals surface area contributed by atoms with Crippen LogP contribution in [0.3, 0.4) is 0 Å². The Balaban J connectivity index is 2.49. The summed E-state index contributed by atoms with van der Waals surface area (Å²) in [5.74, 6) is -2.26. The quantitative estimate of drug-likeness (QED) is 0.913. The maximum atomic E-state index is 14.0. The molecule has 0 amide bonds. The molecular formula is C14H17F2NO2. The van der Waals surface area contributed by atoms with E-state index >= 15 is 0 Å². The van der Waals surface area contributed by atoms with Crippen molar-refractivity contribution < 1.29 is 18.7 Å². The number of carbonyl (C=O) groups is 1. The van der Waals surface area contributed by atoms with Gasteiger partial charge in [0.05, 0.1) is 11.5 Å². The lowest BCUT2D eigenvalue weighted by Crippen LogP contribution is -2.48. The van der Waals surface area contributed by atoms with E-state index in [1.165, 1.54) is 12.1 Å². The molecule has 3 nitrogen and oxygen atoms in total. The smallest absolute Gasteiger partial charge is 0.311 e. The monoisotopic (exact) mass is 269 g/mol. The molecule has 1 aromatic carbocycles. The number of carboxylic acids is 1. The Hall–Kier alpha value is -1.49. The zero-order valence-electron chi connectivity index (χ0n) is 11.0. The third-order valence-electron chi connectivity index (χ3n) is 3.97. The van der Waals surface area contributed by atoms with Crippen molar-refractivity contribution in [2.45, 2.75) is 25.3 Å². The molecule has 0 heterocycles. The van der Waals surface area contributed by atoms with Crippen molar-refractivity contribution >= 4 is 5.97 Å². The minimum Gasteiger partial charge on any atom is -0.481 e. The molecule has 2 rings (SSSR count). The zero-order valence-corrected chi connectivity index (χ0v) is 11.0. The van der Waals surface area contributed by atoms with Crippen LogP contribution in [-0.2, 0) is 4.79 Å². The van der Waals surface area contributed by atoms with E-state index in [0.29, 0.717) is 12.8 Å². The molecule has 104 valence electrons. The first-order valence-electron chi connectivity index (χ1n) is 6.23. The van der Waals surface area contributed by atoms with Gasteiger partial charge in [-0.05, 0) is 33.0 Å². The molecule has 1 unspecified atom stereocenters. The van der Waals surface area contributed by atoms with Gasteiger partial charge in [-0.15, -0.1) is 0 Å². The average molecular weight is 269 g/mol. The first kappa shape index (κ1) is 13.9. The highest BCUT2D eigenvalue weighted by molar-refractivity contribution is 5.77. The first-order valence-corrected chi connectivity index (χ1v) is 6.23. The van der Waals surface area contributed by atoms with Crippen LogP contribution in [0.5, 0.6) is 0 Å². The summed E-state index contributed by atoms with van der Waals surface area (Å²) in [6.07, 6.45) is 1.85. The first-order chi connectivity index (χ1) is 8.88. The van der Waals surface area contributed by atoms with E-state index in [1.54, 1.807) is 19.0 Å². The Kier molecular flexibility index (Phi) is 3.58. The van der Waals surface area contributed by atoms with Crippen LogP contribution in [0.1, 0.15) is 30.9 Å². The van der Waals surface area contributed by atoms with Gasteiger partial charge < -0.3 is 10.0 Å². The lowest BCUT2D eigenvalue weighted by molar-refractivity contribution is -0.161. The molecule has 1 saturated carbocycles. The van der Waals surface area contributed by atoms with E-state index in [-0.39, 0.29) is 5.56 Å². The van der Waals surface area contributed by atoms with Gasteiger partial charge in [0.2, 0.25) is 0 Å². The SMILES string of the molecule is CN(C)C(c1ccc(F)cc1F)C1(C(=O)O)CCC1. The molecule has 0 saturated heterocycles. The van der Waals surface area contributed by atoms with Gasteiger partial charge in [-0.1, -0.05) is 12.5 Å². The highest BCUT2D eigenvalue weighted by atomic mass is 19.1. The summed E-state index contributed by atoms with van der Waals surface area (Å²) in [7, 11) is 3.44. The number of nitrogens with zero attached hydrogens (tertiary/aromatic N) is 1. The number of rotatable bonds is 4. The molecule has 1 aliphatic rings. The van der Waals surface area contributed by atoms with Crippen molar-refractivity contribution in [1.82, 2.24) is 4.90 Å². The normalized spacial score (nSPS) is 19.0. The van der Waals surface area contributed by atoms with Crippen LogP contribution < -0.4 is 0 Å². The topological polar surface area (TPSA) is 40.5 Å². The van der Waals surface area contributed by atoms with E-state index in [9.17, 15) is 18.7 Å². The minimum atomic E-state index is -0.970. The van der Waals surface area contributed by atoms with Gasteiger partial charge in [-0.3, -0.25) is 4.79 Å². The van der Waals surface area contributed by atoms with Gasteiger partial charge in [0.25, 0.3) is 0 Å². The molecule has 19 heavy (non-hydrogen) atoms. The van der Waals surface area contributed by atoms with Crippen LogP contribution in [0.4, 0.5) is 8.78 Å². The van der Waals surface area contributed by atoms with E-state index in [0.717, 1.165) is 12.5 Å². The summed E-state index contributed by atoms with van der Waals surface area (Å²) in [5.41, 5.74) is -0.726. The maximum absolute atomic E-state index is 14.0. The summed E-state index contributed by atoms with van der Waals surface area (Å²) in [4.78, 5) is 13.3. The molecule has 1 atom stereocenters. The van der Waals surface area contributed by atoms with Gasteiger partial charge in [0, 0.05) is 11.6 Å². The fourth-order valence-electron chi connectivity index (χ4n) is 2.96. The zero-order chi connectivity index (χ0) is 14.2. The van der Waals surface area contributed by atoms with Crippen molar-refractivity contribution in [2.75, 3.05) is 14.1 Å². The third kappa shape index (κ3) is 2.23. The fraction of sp³-hybridized carbons (Fsp3) is 0.500. The average Bonchev–Trinajstić information content (AvgIpc) is 2.23. The number of aliphatic carboxylic acids is 1. The predicted octanol–water partition coefficient (Wildman–Crippen LogP) is 2.82. The Morgan fingerprint density at radius 3 is 2.37 bits per heavy atom. The standard InChI is InChI=1S/C14H17F2NO2/c1-17(2)12(14(13(18)19)6-3-7-14)10-5-4-9(15)8-11(10)16/h4-5,8,12H,3,6-7H2,1-2H3,(H,18,19). The van der Waals surface area contributed by atoms with E-state index < -0.39 is 29.1 Å². The van der Waals surface area contributed by atoms with Crippen molar-refractivity contribution in [1.29, 1.82) is 0 Å². The molecule has 0 aromatic heterocycles. The van der Waals surface area contributed by atoms with Gasteiger partial charge in [-0.2, -0.15) is 0 Å². The Morgan fingerprint density at radius 2 is 2.00 bits per heavy atom. The van der Waals surface area contributed by atoms with Crippen molar-refractivity contribution in [3.05, 3.63) is 35.4 Å². The highest BCUT2D eigenvalue weighted by Crippen LogP contribution is 2.52. The van der Waals surface area contributed by atoms with Crippen LogP contribution in [0.25, 0.3) is 0 Å². The van der Waals surface area contributed by atoms with Crippen LogP contribution in [0, 0.1) is 17.0 Å². The van der Waals surface area contributed by atoms with Gasteiger partial charge in [0.15, 0.2) is 0 Å². The number of benzene rings is 1. The Bertz CT molecular complexity index is 498. The molecule has 0 bridgehead atoms. The molecule has 0 aliphatic heterocycles. The molecule has 1 fully saturated rings. The molecule has 5 heteroatoms. The lowest BCUT2D eigenvalue weighted by Gasteiger charge is -2.47. The predicted molar refractivity (Wildman–Crippen MR) is 66.7 cm³/mol. The Morgan fingerprint density at radius 1 is 1.37 bits per heavy atom. The summed E-state index contributed by atoms with van der Waals surface area (Å²) >= 11 is 0. The fourth-order valence-corrected chi connectivity index (χ4v) is 2.96.